The van der Waals surface area contributed by atoms with Gasteiger partial charge in [0.2, 0.25) is 0 Å². The van der Waals surface area contributed by atoms with Crippen molar-refractivity contribution in [3.8, 4) is 22.3 Å². The van der Waals surface area contributed by atoms with Crippen LogP contribution in [-0.2, 0) is 35.6 Å². The summed E-state index contributed by atoms with van der Waals surface area (Å²) in [6.45, 7) is 11.8. The van der Waals surface area contributed by atoms with Crippen LogP contribution < -0.4 is 13.6 Å². The molecule has 246 valence electrons. The molecule has 1 aliphatic heterocycles. The molecular formula is C37H34Cl2F6SiZr. The topological polar surface area (TPSA) is 0 Å². The van der Waals surface area contributed by atoms with E-state index in [4.69, 9.17) is 17.0 Å². The van der Waals surface area contributed by atoms with Gasteiger partial charge in [-0.25, -0.2) is 0 Å². The molecule has 0 fully saturated rings. The minimum absolute atomic E-state index is 0.132. The number of alkyl halides is 6. The van der Waals surface area contributed by atoms with Crippen molar-refractivity contribution in [2.24, 2.45) is 5.41 Å². The van der Waals surface area contributed by atoms with E-state index >= 15 is 0 Å². The summed E-state index contributed by atoms with van der Waals surface area (Å²) in [5, 5.41) is 2.56. The molecule has 0 N–H and O–H groups in total. The number of allylic oxidation sites excluding steroid dienone is 1. The maximum absolute atomic E-state index is 14.1. The molecule has 1 aliphatic carbocycles. The molecule has 10 heteroatoms. The molecule has 0 amide bonds. The van der Waals surface area contributed by atoms with Crippen molar-refractivity contribution in [1.82, 2.24) is 0 Å². The number of fused-ring (bicyclic) bond motifs is 4. The first-order valence-corrected chi connectivity index (χ1v) is 25.8. The first kappa shape index (κ1) is 34.7. The molecule has 0 radical (unpaired) electrons. The van der Waals surface area contributed by atoms with E-state index in [1.807, 2.05) is 84.0 Å². The number of rotatable bonds is 3. The Balaban J connectivity index is 1.64. The van der Waals surface area contributed by atoms with Crippen LogP contribution in [0.15, 0.2) is 78.4 Å². The Bertz CT molecular complexity index is 1910. The van der Waals surface area contributed by atoms with Crippen molar-refractivity contribution in [3.63, 3.8) is 0 Å². The fourth-order valence-electron chi connectivity index (χ4n) is 7.15. The van der Waals surface area contributed by atoms with Gasteiger partial charge in [0.05, 0.1) is 0 Å². The SMILES string of the molecule is CC(C)(C)C1=Cc2c(ccc(C(C)(C)C)c2-c2cc(C(F)(F)F)cc(C(F)(F)F)c2)[CH]1[Zr]([Cl])([Cl])[c]1cccc2c1[SiH2]c1ccccc1-2. The summed E-state index contributed by atoms with van der Waals surface area (Å²) < 4.78 is 85.1. The fourth-order valence-corrected chi connectivity index (χ4v) is 24.3. The van der Waals surface area contributed by atoms with Crippen LogP contribution in [-0.4, -0.2) is 9.52 Å². The van der Waals surface area contributed by atoms with Gasteiger partial charge in [-0.05, 0) is 0 Å². The van der Waals surface area contributed by atoms with E-state index in [2.05, 4.69) is 18.2 Å². The molecule has 1 unspecified atom stereocenters. The van der Waals surface area contributed by atoms with Crippen molar-refractivity contribution in [2.45, 2.75) is 62.9 Å². The third kappa shape index (κ3) is 6.15. The monoisotopic (exact) mass is 780 g/mol. The van der Waals surface area contributed by atoms with Crippen LogP contribution in [0.1, 0.15) is 73.0 Å². The van der Waals surface area contributed by atoms with Gasteiger partial charge in [0.1, 0.15) is 0 Å². The van der Waals surface area contributed by atoms with Crippen LogP contribution in [0.5, 0.6) is 0 Å². The summed E-state index contributed by atoms with van der Waals surface area (Å²) >= 11 is -4.51. The van der Waals surface area contributed by atoms with Crippen molar-refractivity contribution in [3.05, 3.63) is 106 Å². The predicted molar refractivity (Wildman–Crippen MR) is 182 cm³/mol. The molecule has 0 bridgehead atoms. The number of halogens is 8. The predicted octanol–water partition coefficient (Wildman–Crippen LogP) is 10.1. The zero-order valence-corrected chi connectivity index (χ0v) is 32.2. The van der Waals surface area contributed by atoms with Gasteiger partial charge in [0, 0.05) is 0 Å². The summed E-state index contributed by atoms with van der Waals surface area (Å²) in [6, 6.07) is 20.1. The van der Waals surface area contributed by atoms with Crippen LogP contribution in [0.2, 0.25) is 0 Å². The summed E-state index contributed by atoms with van der Waals surface area (Å²) in [5.41, 5.74) is 1.77. The zero-order chi connectivity index (χ0) is 34.5. The average molecular weight is 783 g/mol. The molecule has 0 saturated heterocycles. The molecule has 0 saturated carbocycles. The molecular weight excluding hydrogens is 749 g/mol. The fraction of sp³-hybridized carbons (Fsp3) is 0.297. The van der Waals surface area contributed by atoms with E-state index in [0.717, 1.165) is 32.1 Å². The van der Waals surface area contributed by atoms with Gasteiger partial charge in [0.25, 0.3) is 0 Å². The number of hydrogen-bond acceptors (Lipinski definition) is 0. The van der Waals surface area contributed by atoms with E-state index in [1.165, 1.54) is 15.9 Å². The van der Waals surface area contributed by atoms with Crippen molar-refractivity contribution < 1.29 is 44.2 Å². The standard InChI is InChI=1S/C25H25F6.C12H9Si.2ClH.Zr/c1-22(2,3)16-9-14-7-8-20(23(4,5)6)21(19(14)13-16)15-10-17(24(26,27)28)12-18(11-15)25(29,30)31;1-3-7-11-9(5-1)10-6-2-4-8-12(10)13-11;;;/h7-13H,1-6H3;1-7H,13H2;2*1H;/q;;;;+2/p-2. The van der Waals surface area contributed by atoms with Gasteiger partial charge < -0.3 is 0 Å². The van der Waals surface area contributed by atoms with Crippen LogP contribution in [0.3, 0.4) is 0 Å². The zero-order valence-electron chi connectivity index (χ0n) is 26.8. The van der Waals surface area contributed by atoms with Gasteiger partial charge in [-0.2, -0.15) is 0 Å². The third-order valence-electron chi connectivity index (χ3n) is 9.32. The quantitative estimate of drug-likeness (QED) is 0.126. The van der Waals surface area contributed by atoms with E-state index < -0.39 is 65.3 Å². The van der Waals surface area contributed by atoms with Crippen molar-refractivity contribution in [2.75, 3.05) is 0 Å². The van der Waals surface area contributed by atoms with Gasteiger partial charge in [-0.1, -0.05) is 0 Å². The van der Waals surface area contributed by atoms with Gasteiger partial charge in [-0.15, -0.1) is 0 Å². The van der Waals surface area contributed by atoms with Gasteiger partial charge >= 0.3 is 287 Å². The molecule has 4 aromatic rings. The second kappa shape index (κ2) is 11.5. The Hall–Kier alpha value is -2.12. The van der Waals surface area contributed by atoms with E-state index in [9.17, 15) is 26.3 Å². The van der Waals surface area contributed by atoms with Crippen LogP contribution in [0.25, 0.3) is 28.3 Å². The second-order valence-electron chi connectivity index (χ2n) is 14.6. The van der Waals surface area contributed by atoms with Gasteiger partial charge in [-0.3, -0.25) is 0 Å². The van der Waals surface area contributed by atoms with E-state index in [1.54, 1.807) is 0 Å². The van der Waals surface area contributed by atoms with Crippen LogP contribution in [0.4, 0.5) is 26.3 Å². The third-order valence-corrected chi connectivity index (χ3v) is 23.5. The summed E-state index contributed by atoms with van der Waals surface area (Å²) in [5.74, 6) is 0. The second-order valence-corrected chi connectivity index (χ2v) is 30.4. The molecule has 2 aliphatic rings. The molecule has 47 heavy (non-hydrogen) atoms. The molecule has 4 aromatic carbocycles. The van der Waals surface area contributed by atoms with E-state index in [-0.39, 0.29) is 11.6 Å². The van der Waals surface area contributed by atoms with Crippen molar-refractivity contribution >= 4 is 46.3 Å². The first-order chi connectivity index (χ1) is 21.6. The number of benzene rings is 4. The Morgan fingerprint density at radius 3 is 1.85 bits per heavy atom. The van der Waals surface area contributed by atoms with Crippen LogP contribution in [0, 0.1) is 5.41 Å². The Morgan fingerprint density at radius 2 is 1.28 bits per heavy atom. The normalized spacial score (nSPS) is 17.1. The van der Waals surface area contributed by atoms with Crippen molar-refractivity contribution in [1.29, 1.82) is 0 Å². The molecule has 0 nitrogen and oxygen atoms in total. The van der Waals surface area contributed by atoms with E-state index in [0.29, 0.717) is 16.7 Å². The summed E-state index contributed by atoms with van der Waals surface area (Å²) in [7, 11) is 14.7. The maximum atomic E-state index is 14.1. The molecule has 0 spiro atoms. The average Bonchev–Trinajstić information content (AvgIpc) is 3.54. The summed E-state index contributed by atoms with van der Waals surface area (Å²) in [4.78, 5) is 0. The Kier molecular flexibility index (Phi) is 8.47. The summed E-state index contributed by atoms with van der Waals surface area (Å²) in [6.07, 6.45) is -8.00. The molecule has 1 heterocycles. The molecule has 1 atom stereocenters. The Labute approximate surface area is 285 Å². The molecule has 0 aromatic heterocycles. The number of hydrogen-bond donors (Lipinski definition) is 0. The van der Waals surface area contributed by atoms with Gasteiger partial charge in [0.15, 0.2) is 0 Å². The van der Waals surface area contributed by atoms with Crippen LogP contribution >= 0.6 is 17.0 Å². The first-order valence-electron chi connectivity index (χ1n) is 15.4. The minimum atomic E-state index is -4.97. The Morgan fingerprint density at radius 1 is 0.681 bits per heavy atom. The molecule has 6 rings (SSSR count).